The second-order valence-corrected chi connectivity index (χ2v) is 11.7. The number of allylic oxidation sites excluding steroid dienone is 2. The summed E-state index contributed by atoms with van der Waals surface area (Å²) in [6.07, 6.45) is 27.2. The average Bonchev–Trinajstić information content (AvgIpc) is 2.91. The predicted molar refractivity (Wildman–Crippen MR) is 161 cm³/mol. The number of hydrogen-bond donors (Lipinski definition) is 2. The van der Waals surface area contributed by atoms with Crippen LogP contribution in [0.2, 0.25) is 0 Å². The van der Waals surface area contributed by atoms with Gasteiger partial charge in [-0.3, -0.25) is 9.59 Å². The number of hydrogen-bond acceptors (Lipinski definition) is 4. The first kappa shape index (κ1) is 38.1. The molecule has 0 rings (SSSR count). The molecule has 0 heterocycles. The molecule has 0 spiro atoms. The molecule has 0 fully saturated rings. The van der Waals surface area contributed by atoms with E-state index in [0.717, 1.165) is 75.6 Å². The average molecular weight is 568 g/mol. The van der Waals surface area contributed by atoms with Crippen LogP contribution in [0.25, 0.3) is 0 Å². The summed E-state index contributed by atoms with van der Waals surface area (Å²) in [5.74, 6) is -2.58. The highest BCUT2D eigenvalue weighted by molar-refractivity contribution is 5.66. The number of nitrogens with zero attached hydrogens (tertiary/aromatic N) is 1. The van der Waals surface area contributed by atoms with Gasteiger partial charge in [0.1, 0.15) is 0 Å². The molecule has 0 aromatic heterocycles. The highest BCUT2D eigenvalue weighted by Gasteiger charge is 2.26. The SMILES string of the molecule is CCCCCCCCCCCC/C=C/CCCC[N+](CCCCC(=O)[O-])(CCCCC(=O)O)CCCCC(=O)O. The van der Waals surface area contributed by atoms with Crippen LogP contribution >= 0.6 is 0 Å². The van der Waals surface area contributed by atoms with E-state index >= 15 is 0 Å². The van der Waals surface area contributed by atoms with Crippen molar-refractivity contribution >= 4 is 17.9 Å². The maximum atomic E-state index is 11.0. The molecule has 7 nitrogen and oxygen atoms in total. The molecule has 2 N–H and O–H groups in total. The van der Waals surface area contributed by atoms with E-state index in [1.165, 1.54) is 64.2 Å². The minimum atomic E-state index is -1.02. The predicted octanol–water partition coefficient (Wildman–Crippen LogP) is 7.27. The van der Waals surface area contributed by atoms with Crippen LogP contribution in [0, 0.1) is 0 Å². The molecule has 0 aliphatic carbocycles. The Kier molecular flexibility index (Phi) is 26.0. The zero-order valence-electron chi connectivity index (χ0n) is 25.7. The van der Waals surface area contributed by atoms with Gasteiger partial charge in [0.2, 0.25) is 0 Å². The summed E-state index contributed by atoms with van der Waals surface area (Å²) in [5, 5.41) is 28.9. The normalized spacial score (nSPS) is 11.8. The van der Waals surface area contributed by atoms with Crippen LogP contribution in [-0.2, 0) is 14.4 Å². The number of carboxylic acid groups (broad SMARTS) is 3. The fourth-order valence-corrected chi connectivity index (χ4v) is 5.53. The van der Waals surface area contributed by atoms with Gasteiger partial charge in [-0.2, -0.15) is 0 Å². The van der Waals surface area contributed by atoms with Crippen LogP contribution in [0.3, 0.4) is 0 Å². The van der Waals surface area contributed by atoms with Crippen LogP contribution in [0.4, 0.5) is 0 Å². The van der Waals surface area contributed by atoms with Gasteiger partial charge in [0.25, 0.3) is 0 Å². The van der Waals surface area contributed by atoms with Crippen molar-refractivity contribution < 1.29 is 34.2 Å². The summed E-state index contributed by atoms with van der Waals surface area (Å²) in [6, 6.07) is 0. The van der Waals surface area contributed by atoms with Gasteiger partial charge >= 0.3 is 11.9 Å². The minimum absolute atomic E-state index is 0.0574. The van der Waals surface area contributed by atoms with Gasteiger partial charge in [-0.15, -0.1) is 0 Å². The topological polar surface area (TPSA) is 115 Å². The quantitative estimate of drug-likeness (QED) is 0.0517. The summed E-state index contributed by atoms with van der Waals surface area (Å²) in [6.45, 7) is 5.80. The highest BCUT2D eigenvalue weighted by Crippen LogP contribution is 2.19. The lowest BCUT2D eigenvalue weighted by Gasteiger charge is -2.39. The maximum absolute atomic E-state index is 11.0. The zero-order valence-corrected chi connectivity index (χ0v) is 25.7. The van der Waals surface area contributed by atoms with E-state index in [9.17, 15) is 19.5 Å². The van der Waals surface area contributed by atoms with Crippen LogP contribution < -0.4 is 5.11 Å². The van der Waals surface area contributed by atoms with Gasteiger partial charge in [0, 0.05) is 18.8 Å². The summed E-state index contributed by atoms with van der Waals surface area (Å²) in [4.78, 5) is 32.8. The second kappa shape index (κ2) is 27.3. The monoisotopic (exact) mass is 567 g/mol. The Labute approximate surface area is 245 Å². The van der Waals surface area contributed by atoms with Crippen molar-refractivity contribution in [3.63, 3.8) is 0 Å². The van der Waals surface area contributed by atoms with E-state index in [2.05, 4.69) is 19.1 Å². The molecule has 0 saturated heterocycles. The number of carboxylic acids is 3. The largest absolute Gasteiger partial charge is 0.550 e. The van der Waals surface area contributed by atoms with Gasteiger partial charge in [0.15, 0.2) is 0 Å². The van der Waals surface area contributed by atoms with Crippen molar-refractivity contribution in [2.24, 2.45) is 0 Å². The van der Waals surface area contributed by atoms with Crippen molar-refractivity contribution in [3.8, 4) is 0 Å². The van der Waals surface area contributed by atoms with Crippen molar-refractivity contribution in [1.82, 2.24) is 0 Å². The van der Waals surface area contributed by atoms with Gasteiger partial charge in [-0.05, 0) is 77.0 Å². The molecule has 0 unspecified atom stereocenters. The van der Waals surface area contributed by atoms with E-state index in [4.69, 9.17) is 10.2 Å². The molecule has 0 aliphatic rings. The van der Waals surface area contributed by atoms with E-state index in [1.54, 1.807) is 0 Å². The minimum Gasteiger partial charge on any atom is -0.550 e. The molecule has 7 heteroatoms. The lowest BCUT2D eigenvalue weighted by Crippen LogP contribution is -2.51. The number of unbranched alkanes of at least 4 members (excludes halogenated alkanes) is 15. The van der Waals surface area contributed by atoms with Crippen molar-refractivity contribution in [2.45, 2.75) is 155 Å². The summed E-state index contributed by atoms with van der Waals surface area (Å²) in [7, 11) is 0. The van der Waals surface area contributed by atoms with E-state index in [1.807, 2.05) is 0 Å². The van der Waals surface area contributed by atoms with Crippen molar-refractivity contribution in [2.75, 3.05) is 26.2 Å². The summed E-state index contributed by atoms with van der Waals surface area (Å²) < 4.78 is 0.828. The third-order valence-electron chi connectivity index (χ3n) is 7.95. The molecule has 0 aromatic rings. The van der Waals surface area contributed by atoms with Crippen LogP contribution in [0.5, 0.6) is 0 Å². The number of carbonyl (C=O) groups is 3. The van der Waals surface area contributed by atoms with Gasteiger partial charge in [0.05, 0.1) is 26.2 Å². The highest BCUT2D eigenvalue weighted by atomic mass is 16.4. The van der Waals surface area contributed by atoms with Crippen LogP contribution in [0.15, 0.2) is 12.2 Å². The smallest absolute Gasteiger partial charge is 0.303 e. The first-order valence-corrected chi connectivity index (χ1v) is 16.4. The standard InChI is InChI=1S/C33H61NO6/c1-2-3-4-5-6-7-8-9-10-11-12-13-14-15-16-20-27-34(28-21-17-24-31(35)36,29-22-18-25-32(37)38)30-23-19-26-33(39)40/h13-14H,2-12,15-30H2,1H3,(H2-,35,36,37,38,39,40)/b14-13+. The Bertz CT molecular complexity index is 608. The third kappa shape index (κ3) is 26.3. The van der Waals surface area contributed by atoms with E-state index in [0.29, 0.717) is 19.3 Å². The molecule has 0 radical (unpaired) electrons. The molecule has 0 saturated carbocycles. The Morgan fingerprint density at radius 3 is 1.27 bits per heavy atom. The fraction of sp³-hybridized carbons (Fsp3) is 0.848. The molecule has 0 aromatic carbocycles. The fourth-order valence-electron chi connectivity index (χ4n) is 5.53. The Morgan fingerprint density at radius 2 is 0.875 bits per heavy atom. The van der Waals surface area contributed by atoms with Gasteiger partial charge in [-0.25, -0.2) is 0 Å². The van der Waals surface area contributed by atoms with Crippen LogP contribution in [-0.4, -0.2) is 58.8 Å². The third-order valence-corrected chi connectivity index (χ3v) is 7.95. The molecule has 0 bridgehead atoms. The first-order chi connectivity index (χ1) is 19.3. The molecule has 0 aliphatic heterocycles. The lowest BCUT2D eigenvalue weighted by molar-refractivity contribution is -0.929. The number of quaternary nitrogens is 1. The maximum Gasteiger partial charge on any atom is 0.303 e. The van der Waals surface area contributed by atoms with Gasteiger partial charge < -0.3 is 24.6 Å². The zero-order chi connectivity index (χ0) is 29.7. The molecule has 234 valence electrons. The molecule has 40 heavy (non-hydrogen) atoms. The Hall–Kier alpha value is -1.89. The Morgan fingerprint density at radius 1 is 0.525 bits per heavy atom. The number of rotatable bonds is 31. The first-order valence-electron chi connectivity index (χ1n) is 16.4. The number of carbonyl (C=O) groups excluding carboxylic acids is 1. The summed E-state index contributed by atoms with van der Waals surface area (Å²) >= 11 is 0. The van der Waals surface area contributed by atoms with E-state index in [-0.39, 0.29) is 19.3 Å². The second-order valence-electron chi connectivity index (χ2n) is 11.7. The Balaban J connectivity index is 4.50. The van der Waals surface area contributed by atoms with Gasteiger partial charge in [-0.1, -0.05) is 76.9 Å². The van der Waals surface area contributed by atoms with E-state index < -0.39 is 17.9 Å². The molecule has 0 atom stereocenters. The molecular weight excluding hydrogens is 506 g/mol. The molecule has 0 amide bonds. The van der Waals surface area contributed by atoms with Crippen LogP contribution in [0.1, 0.15) is 155 Å². The molecular formula is C33H61NO6. The van der Waals surface area contributed by atoms with Crippen molar-refractivity contribution in [1.29, 1.82) is 0 Å². The number of aliphatic carboxylic acids is 3. The lowest BCUT2D eigenvalue weighted by atomic mass is 10.1. The summed E-state index contributed by atoms with van der Waals surface area (Å²) in [5.41, 5.74) is 0. The van der Waals surface area contributed by atoms with Crippen molar-refractivity contribution in [3.05, 3.63) is 12.2 Å².